The van der Waals surface area contributed by atoms with Crippen molar-refractivity contribution in [3.63, 3.8) is 0 Å². The van der Waals surface area contributed by atoms with E-state index in [-0.39, 0.29) is 6.54 Å². The first-order chi connectivity index (χ1) is 15.6. The third kappa shape index (κ3) is 7.80. The number of ether oxygens (including phenoxy) is 3. The molecule has 0 unspecified atom stereocenters. The average molecular weight is 437 g/mol. The van der Waals surface area contributed by atoms with E-state index in [2.05, 4.69) is 6.92 Å². The van der Waals surface area contributed by atoms with Gasteiger partial charge in [0.2, 0.25) is 0 Å². The largest absolute Gasteiger partial charge is 0.490 e. The van der Waals surface area contributed by atoms with Crippen molar-refractivity contribution >= 4 is 23.6 Å². The van der Waals surface area contributed by atoms with Crippen molar-refractivity contribution in [2.24, 2.45) is 0 Å². The fraction of sp³-hybridized carbons (Fsp3) is 0.320. The van der Waals surface area contributed by atoms with Crippen LogP contribution in [0.3, 0.4) is 0 Å². The lowest BCUT2D eigenvalue weighted by Gasteiger charge is -2.19. The maximum Gasteiger partial charge on any atom is 0.331 e. The van der Waals surface area contributed by atoms with Crippen LogP contribution in [0.1, 0.15) is 32.3 Å². The first-order valence-corrected chi connectivity index (χ1v) is 10.6. The lowest BCUT2D eigenvalue weighted by Crippen LogP contribution is -2.34. The Kier molecular flexibility index (Phi) is 10.3. The maximum absolute atomic E-state index is 12.4. The molecule has 168 valence electrons. The normalized spacial score (nSPS) is 10.4. The number of nitrogens with zero attached hydrogens (tertiary/aromatic N) is 2. The number of carbonyl (C=O) groups excluding carboxylic acids is 2. The maximum atomic E-state index is 12.4. The van der Waals surface area contributed by atoms with Gasteiger partial charge in [-0.3, -0.25) is 9.69 Å². The number of nitriles is 1. The Morgan fingerprint density at radius 1 is 1.06 bits per heavy atom. The Bertz CT molecular complexity index is 951. The zero-order valence-electron chi connectivity index (χ0n) is 18.5. The molecule has 0 aromatic heterocycles. The predicted molar refractivity (Wildman–Crippen MR) is 122 cm³/mol. The highest BCUT2D eigenvalue weighted by Gasteiger charge is 2.16. The smallest absolute Gasteiger partial charge is 0.331 e. The van der Waals surface area contributed by atoms with Crippen molar-refractivity contribution in [2.75, 3.05) is 31.3 Å². The monoisotopic (exact) mass is 436 g/mol. The van der Waals surface area contributed by atoms with Crippen LogP contribution in [0.15, 0.2) is 54.6 Å². The van der Waals surface area contributed by atoms with Crippen LogP contribution >= 0.6 is 0 Å². The first kappa shape index (κ1) is 24.5. The number of hydrogen-bond acceptors (Lipinski definition) is 6. The summed E-state index contributed by atoms with van der Waals surface area (Å²) in [4.78, 5) is 25.8. The summed E-state index contributed by atoms with van der Waals surface area (Å²) in [5.74, 6) is 0.115. The van der Waals surface area contributed by atoms with Gasteiger partial charge in [-0.15, -0.1) is 0 Å². The summed E-state index contributed by atoms with van der Waals surface area (Å²) in [5.41, 5.74) is 1.30. The van der Waals surface area contributed by atoms with E-state index in [1.54, 1.807) is 42.5 Å². The molecule has 7 nitrogen and oxygen atoms in total. The highest BCUT2D eigenvalue weighted by atomic mass is 16.5. The van der Waals surface area contributed by atoms with Gasteiger partial charge in [0, 0.05) is 11.8 Å². The summed E-state index contributed by atoms with van der Waals surface area (Å²) in [6.45, 7) is 4.48. The topological polar surface area (TPSA) is 88.9 Å². The molecular weight excluding hydrogens is 408 g/mol. The minimum absolute atomic E-state index is 0.136. The molecule has 7 heteroatoms. The number of benzene rings is 2. The van der Waals surface area contributed by atoms with Gasteiger partial charge in [0.1, 0.15) is 6.54 Å². The summed E-state index contributed by atoms with van der Waals surface area (Å²) in [5, 5.41) is 8.99. The van der Waals surface area contributed by atoms with Crippen LogP contribution in [-0.2, 0) is 14.3 Å². The van der Waals surface area contributed by atoms with Gasteiger partial charge in [0.15, 0.2) is 18.1 Å². The van der Waals surface area contributed by atoms with Gasteiger partial charge in [-0.2, -0.15) is 5.26 Å². The second-order valence-corrected chi connectivity index (χ2v) is 6.76. The van der Waals surface area contributed by atoms with Gasteiger partial charge < -0.3 is 14.2 Å². The predicted octanol–water partition coefficient (Wildman–Crippen LogP) is 4.38. The van der Waals surface area contributed by atoms with Crippen molar-refractivity contribution in [1.29, 1.82) is 5.26 Å². The van der Waals surface area contributed by atoms with E-state index in [0.717, 1.165) is 18.4 Å². The number of para-hydroxylation sites is 1. The summed E-state index contributed by atoms with van der Waals surface area (Å²) in [6, 6.07) is 16.1. The second-order valence-electron chi connectivity index (χ2n) is 6.76. The zero-order chi connectivity index (χ0) is 23.2. The van der Waals surface area contributed by atoms with Crippen molar-refractivity contribution in [1.82, 2.24) is 0 Å². The molecule has 0 saturated heterocycles. The average Bonchev–Trinajstić information content (AvgIpc) is 2.81. The third-order valence-corrected chi connectivity index (χ3v) is 4.37. The van der Waals surface area contributed by atoms with Crippen LogP contribution in [0.4, 0.5) is 5.69 Å². The molecule has 0 heterocycles. The van der Waals surface area contributed by atoms with E-state index < -0.39 is 18.5 Å². The molecule has 1 amide bonds. The molecule has 0 N–H and O–H groups in total. The number of amides is 1. The molecule has 0 bridgehead atoms. The lowest BCUT2D eigenvalue weighted by atomic mass is 10.2. The van der Waals surface area contributed by atoms with E-state index in [4.69, 9.17) is 19.5 Å². The molecule has 0 aliphatic heterocycles. The van der Waals surface area contributed by atoms with Gasteiger partial charge in [0.25, 0.3) is 5.91 Å². The molecule has 0 fully saturated rings. The molecule has 0 spiro atoms. The standard InChI is InChI=1S/C25H28N2O5/c1-3-5-17-31-22-13-11-20(18-23(22)30-4-2)12-14-25(29)32-19-24(28)27(16-15-26)21-9-7-6-8-10-21/h6-14,18H,3-5,16-17,19H2,1-2H3/b14-12+. The van der Waals surface area contributed by atoms with Crippen molar-refractivity contribution in [3.05, 3.63) is 60.2 Å². The molecule has 32 heavy (non-hydrogen) atoms. The minimum Gasteiger partial charge on any atom is -0.490 e. The van der Waals surface area contributed by atoms with Crippen LogP contribution in [0, 0.1) is 11.3 Å². The number of carbonyl (C=O) groups is 2. The van der Waals surface area contributed by atoms with Gasteiger partial charge in [-0.1, -0.05) is 37.6 Å². The van der Waals surface area contributed by atoms with E-state index >= 15 is 0 Å². The quantitative estimate of drug-likeness (QED) is 0.212. The van der Waals surface area contributed by atoms with Crippen LogP contribution in [0.25, 0.3) is 6.08 Å². The Morgan fingerprint density at radius 3 is 2.53 bits per heavy atom. The van der Waals surface area contributed by atoms with Crippen LogP contribution < -0.4 is 14.4 Å². The molecule has 2 aromatic carbocycles. The number of hydrogen-bond donors (Lipinski definition) is 0. The molecule has 0 radical (unpaired) electrons. The van der Waals surface area contributed by atoms with E-state index in [1.165, 1.54) is 11.0 Å². The highest BCUT2D eigenvalue weighted by molar-refractivity contribution is 5.96. The number of unbranched alkanes of at least 4 members (excludes halogenated alkanes) is 1. The minimum atomic E-state index is -0.662. The van der Waals surface area contributed by atoms with Gasteiger partial charge >= 0.3 is 5.97 Å². The Balaban J connectivity index is 1.96. The summed E-state index contributed by atoms with van der Waals surface area (Å²) < 4.78 is 16.4. The van der Waals surface area contributed by atoms with E-state index in [0.29, 0.717) is 30.4 Å². The lowest BCUT2D eigenvalue weighted by molar-refractivity contribution is -0.142. The molecule has 2 rings (SSSR count). The Hall–Kier alpha value is -3.79. The van der Waals surface area contributed by atoms with Gasteiger partial charge in [-0.05, 0) is 49.2 Å². The van der Waals surface area contributed by atoms with Crippen molar-refractivity contribution in [3.8, 4) is 17.6 Å². The zero-order valence-corrected chi connectivity index (χ0v) is 18.5. The van der Waals surface area contributed by atoms with Crippen LogP contribution in [0.2, 0.25) is 0 Å². The molecule has 0 saturated carbocycles. The summed E-state index contributed by atoms with van der Waals surface area (Å²) >= 11 is 0. The van der Waals surface area contributed by atoms with E-state index in [9.17, 15) is 9.59 Å². The van der Waals surface area contributed by atoms with Crippen LogP contribution in [-0.4, -0.2) is 38.2 Å². The molecule has 2 aromatic rings. The van der Waals surface area contributed by atoms with Gasteiger partial charge in [0.05, 0.1) is 19.3 Å². The summed E-state index contributed by atoms with van der Waals surface area (Å²) in [6.07, 6.45) is 4.81. The second kappa shape index (κ2) is 13.5. The third-order valence-electron chi connectivity index (χ3n) is 4.37. The highest BCUT2D eigenvalue weighted by Crippen LogP contribution is 2.29. The fourth-order valence-electron chi connectivity index (χ4n) is 2.77. The Morgan fingerprint density at radius 2 is 1.84 bits per heavy atom. The number of rotatable bonds is 12. The fourth-order valence-corrected chi connectivity index (χ4v) is 2.77. The first-order valence-electron chi connectivity index (χ1n) is 10.6. The van der Waals surface area contributed by atoms with Crippen molar-refractivity contribution < 1.29 is 23.8 Å². The summed E-state index contributed by atoms with van der Waals surface area (Å²) in [7, 11) is 0. The van der Waals surface area contributed by atoms with Gasteiger partial charge in [-0.25, -0.2) is 4.79 Å². The molecule has 0 aliphatic rings. The van der Waals surface area contributed by atoms with Crippen LogP contribution in [0.5, 0.6) is 11.5 Å². The molecule has 0 atom stereocenters. The number of anilines is 1. The SMILES string of the molecule is CCCCOc1ccc(/C=C/C(=O)OCC(=O)N(CC#N)c2ccccc2)cc1OCC. The van der Waals surface area contributed by atoms with E-state index in [1.807, 2.05) is 25.1 Å². The molecule has 0 aliphatic carbocycles. The molecular formula is C25H28N2O5. The van der Waals surface area contributed by atoms with Crippen molar-refractivity contribution in [2.45, 2.75) is 26.7 Å². The Labute approximate surface area is 188 Å². The number of esters is 1.